The summed E-state index contributed by atoms with van der Waals surface area (Å²) in [6.45, 7) is 4.51. The van der Waals surface area contributed by atoms with Gasteiger partial charge in [0.2, 0.25) is 0 Å². The summed E-state index contributed by atoms with van der Waals surface area (Å²) in [5.41, 5.74) is 1.73. The van der Waals surface area contributed by atoms with Crippen LogP contribution in [0.4, 0.5) is 0 Å². The lowest BCUT2D eigenvalue weighted by Crippen LogP contribution is -2.59. The van der Waals surface area contributed by atoms with E-state index in [0.717, 1.165) is 19.0 Å². The molecule has 1 saturated heterocycles. The fraction of sp³-hybridized carbons (Fsp3) is 0.571. The number of nitrogens with one attached hydrogen (secondary N) is 2. The van der Waals surface area contributed by atoms with Gasteiger partial charge in [0.25, 0.3) is 0 Å². The summed E-state index contributed by atoms with van der Waals surface area (Å²) in [4.78, 5) is 0. The largest absolute Gasteiger partial charge is 0.308 e. The van der Waals surface area contributed by atoms with E-state index in [-0.39, 0.29) is 0 Å². The van der Waals surface area contributed by atoms with Gasteiger partial charge in [-0.3, -0.25) is 0 Å². The van der Waals surface area contributed by atoms with Crippen molar-refractivity contribution in [1.29, 1.82) is 0 Å². The molecule has 2 N–H and O–H groups in total. The van der Waals surface area contributed by atoms with Crippen LogP contribution in [0.1, 0.15) is 31.4 Å². The summed E-state index contributed by atoms with van der Waals surface area (Å²) in [5, 5.41) is 7.43. The van der Waals surface area contributed by atoms with Gasteiger partial charge in [0, 0.05) is 24.7 Å². The maximum atomic E-state index is 3.74. The molecule has 0 radical (unpaired) electrons. The van der Waals surface area contributed by atoms with Crippen LogP contribution < -0.4 is 10.6 Å². The van der Waals surface area contributed by atoms with Gasteiger partial charge >= 0.3 is 0 Å². The molecule has 1 aromatic carbocycles. The summed E-state index contributed by atoms with van der Waals surface area (Å²) in [6, 6.07) is 11.2. The molecular weight excluding hydrogens is 196 g/mol. The van der Waals surface area contributed by atoms with Gasteiger partial charge in [0.15, 0.2) is 0 Å². The predicted molar refractivity (Wildman–Crippen MR) is 66.3 cm³/mol. The number of benzene rings is 1. The topological polar surface area (TPSA) is 24.1 Å². The van der Waals surface area contributed by atoms with Crippen LogP contribution in [-0.4, -0.2) is 18.6 Å². The SMILES string of the molecule is CC1(C2CC2)CNC(c2ccccc2)CN1. The third kappa shape index (κ3) is 1.87. The van der Waals surface area contributed by atoms with Crippen molar-refractivity contribution in [1.82, 2.24) is 10.6 Å². The molecule has 1 aliphatic heterocycles. The molecular formula is C14H20N2. The van der Waals surface area contributed by atoms with Gasteiger partial charge in [-0.05, 0) is 31.2 Å². The Balaban J connectivity index is 1.66. The molecule has 1 aliphatic carbocycles. The van der Waals surface area contributed by atoms with Gasteiger partial charge in [0.05, 0.1) is 0 Å². The first-order valence-electron chi connectivity index (χ1n) is 6.31. The maximum absolute atomic E-state index is 3.74. The highest BCUT2D eigenvalue weighted by molar-refractivity contribution is 5.21. The molecule has 16 heavy (non-hydrogen) atoms. The lowest BCUT2D eigenvalue weighted by atomic mass is 9.91. The zero-order chi connectivity index (χ0) is 11.0. The molecule has 3 rings (SSSR count). The quantitative estimate of drug-likeness (QED) is 0.791. The number of hydrogen-bond acceptors (Lipinski definition) is 2. The highest BCUT2D eigenvalue weighted by Crippen LogP contribution is 2.40. The van der Waals surface area contributed by atoms with E-state index in [1.165, 1.54) is 18.4 Å². The molecule has 0 aromatic heterocycles. The van der Waals surface area contributed by atoms with Gasteiger partial charge < -0.3 is 10.6 Å². The van der Waals surface area contributed by atoms with Gasteiger partial charge in [0.1, 0.15) is 0 Å². The van der Waals surface area contributed by atoms with E-state index >= 15 is 0 Å². The fourth-order valence-corrected chi connectivity index (χ4v) is 2.74. The molecule has 0 bridgehead atoms. The van der Waals surface area contributed by atoms with Gasteiger partial charge in [-0.1, -0.05) is 30.3 Å². The van der Waals surface area contributed by atoms with Crippen molar-refractivity contribution in [2.45, 2.75) is 31.3 Å². The highest BCUT2D eigenvalue weighted by Gasteiger charge is 2.43. The predicted octanol–water partition coefficient (Wildman–Crippen LogP) is 2.09. The second kappa shape index (κ2) is 3.86. The van der Waals surface area contributed by atoms with Crippen molar-refractivity contribution in [2.75, 3.05) is 13.1 Å². The Morgan fingerprint density at radius 2 is 1.94 bits per heavy atom. The molecule has 2 atom stereocenters. The molecule has 1 saturated carbocycles. The summed E-state index contributed by atoms with van der Waals surface area (Å²) in [7, 11) is 0. The van der Waals surface area contributed by atoms with Crippen LogP contribution in [0, 0.1) is 5.92 Å². The zero-order valence-electron chi connectivity index (χ0n) is 9.87. The van der Waals surface area contributed by atoms with Crippen molar-refractivity contribution < 1.29 is 0 Å². The van der Waals surface area contributed by atoms with E-state index < -0.39 is 0 Å². The van der Waals surface area contributed by atoms with Crippen molar-refractivity contribution >= 4 is 0 Å². The monoisotopic (exact) mass is 216 g/mol. The third-order valence-corrected chi connectivity index (χ3v) is 4.11. The van der Waals surface area contributed by atoms with Crippen LogP contribution in [0.15, 0.2) is 30.3 Å². The van der Waals surface area contributed by atoms with Crippen LogP contribution >= 0.6 is 0 Å². The molecule has 2 unspecified atom stereocenters. The Morgan fingerprint density at radius 1 is 1.19 bits per heavy atom. The Hall–Kier alpha value is -0.860. The van der Waals surface area contributed by atoms with E-state index in [4.69, 9.17) is 0 Å². The fourth-order valence-electron chi connectivity index (χ4n) is 2.74. The maximum Gasteiger partial charge on any atom is 0.0447 e. The number of hydrogen-bond donors (Lipinski definition) is 2. The molecule has 2 nitrogen and oxygen atoms in total. The Kier molecular flexibility index (Phi) is 2.49. The van der Waals surface area contributed by atoms with E-state index in [9.17, 15) is 0 Å². The van der Waals surface area contributed by atoms with Gasteiger partial charge in [-0.25, -0.2) is 0 Å². The smallest absolute Gasteiger partial charge is 0.0447 e. The van der Waals surface area contributed by atoms with Crippen molar-refractivity contribution in [3.8, 4) is 0 Å². The van der Waals surface area contributed by atoms with Crippen LogP contribution in [-0.2, 0) is 0 Å². The van der Waals surface area contributed by atoms with Crippen LogP contribution in [0.2, 0.25) is 0 Å². The zero-order valence-corrected chi connectivity index (χ0v) is 9.87. The lowest BCUT2D eigenvalue weighted by molar-refractivity contribution is 0.226. The second-order valence-corrected chi connectivity index (χ2v) is 5.42. The Morgan fingerprint density at radius 3 is 2.50 bits per heavy atom. The lowest BCUT2D eigenvalue weighted by Gasteiger charge is -2.40. The Bertz CT molecular complexity index is 348. The molecule has 2 aliphatic rings. The van der Waals surface area contributed by atoms with E-state index in [1.54, 1.807) is 0 Å². The summed E-state index contributed by atoms with van der Waals surface area (Å²) >= 11 is 0. The standard InChI is InChI=1S/C14H20N2/c1-14(12-7-8-12)10-15-13(9-16-14)11-5-3-2-4-6-11/h2-6,12-13,15-16H,7-10H2,1H3. The van der Waals surface area contributed by atoms with Crippen molar-refractivity contribution in [3.63, 3.8) is 0 Å². The molecule has 86 valence electrons. The highest BCUT2D eigenvalue weighted by atomic mass is 15.1. The molecule has 2 heteroatoms. The minimum absolute atomic E-state index is 0.339. The van der Waals surface area contributed by atoms with Crippen LogP contribution in [0.25, 0.3) is 0 Å². The number of piperazine rings is 1. The molecule has 0 amide bonds. The molecule has 1 heterocycles. The summed E-state index contributed by atoms with van der Waals surface area (Å²) < 4.78 is 0. The number of rotatable bonds is 2. The van der Waals surface area contributed by atoms with Crippen molar-refractivity contribution in [2.24, 2.45) is 5.92 Å². The average Bonchev–Trinajstić information content (AvgIpc) is 3.15. The van der Waals surface area contributed by atoms with Crippen LogP contribution in [0.3, 0.4) is 0 Å². The average molecular weight is 216 g/mol. The van der Waals surface area contributed by atoms with Crippen molar-refractivity contribution in [3.05, 3.63) is 35.9 Å². The first kappa shape index (κ1) is 10.3. The van der Waals surface area contributed by atoms with Crippen LogP contribution in [0.5, 0.6) is 0 Å². The first-order valence-corrected chi connectivity index (χ1v) is 6.31. The van der Waals surface area contributed by atoms with Gasteiger partial charge in [-0.15, -0.1) is 0 Å². The minimum Gasteiger partial charge on any atom is -0.308 e. The summed E-state index contributed by atoms with van der Waals surface area (Å²) in [5.74, 6) is 0.900. The molecule has 1 aromatic rings. The van der Waals surface area contributed by atoms with Gasteiger partial charge in [-0.2, -0.15) is 0 Å². The molecule has 2 fully saturated rings. The summed E-state index contributed by atoms with van der Waals surface area (Å²) in [6.07, 6.45) is 2.81. The minimum atomic E-state index is 0.339. The Labute approximate surface area is 97.4 Å². The van der Waals surface area contributed by atoms with E-state index in [1.807, 2.05) is 0 Å². The first-order chi connectivity index (χ1) is 7.78. The van der Waals surface area contributed by atoms with E-state index in [2.05, 4.69) is 47.9 Å². The second-order valence-electron chi connectivity index (χ2n) is 5.42. The molecule has 0 spiro atoms. The van der Waals surface area contributed by atoms with E-state index in [0.29, 0.717) is 11.6 Å². The normalized spacial score (nSPS) is 34.9. The third-order valence-electron chi connectivity index (χ3n) is 4.11.